The molecule has 1 amide bonds. The zero-order valence-corrected chi connectivity index (χ0v) is 19.3. The highest BCUT2D eigenvalue weighted by atomic mass is 19.1. The Kier molecular flexibility index (Phi) is 8.26. The number of carbonyl (C=O) groups excluding carboxylic acids is 1. The van der Waals surface area contributed by atoms with Crippen LogP contribution in [0.2, 0.25) is 0 Å². The minimum Gasteiger partial charge on any atom is -0.444 e. The fraction of sp³-hybridized carbons (Fsp3) is 0.480. The van der Waals surface area contributed by atoms with Crippen molar-refractivity contribution in [3.8, 4) is 0 Å². The Bertz CT molecular complexity index is 924. The van der Waals surface area contributed by atoms with E-state index in [1.54, 1.807) is 20.8 Å². The van der Waals surface area contributed by atoms with Gasteiger partial charge in [-0.25, -0.2) is 13.6 Å². The Morgan fingerprint density at radius 2 is 1.82 bits per heavy atom. The molecule has 0 aliphatic heterocycles. The number of nitrogens with one attached hydrogen (secondary N) is 3. The number of benzene rings is 2. The Balaban J connectivity index is 1.60. The van der Waals surface area contributed by atoms with Gasteiger partial charge in [-0.3, -0.25) is 0 Å². The van der Waals surface area contributed by atoms with Gasteiger partial charge in [0.15, 0.2) is 0 Å². The lowest BCUT2D eigenvalue weighted by atomic mass is 10.0. The molecule has 0 spiro atoms. The predicted molar refractivity (Wildman–Crippen MR) is 124 cm³/mol. The van der Waals surface area contributed by atoms with Crippen molar-refractivity contribution in [1.82, 2.24) is 10.6 Å². The second-order valence-electron chi connectivity index (χ2n) is 9.55. The summed E-state index contributed by atoms with van der Waals surface area (Å²) in [6.07, 6.45) is 0.697. The maximum Gasteiger partial charge on any atom is 0.407 e. The molecule has 0 aromatic heterocycles. The third-order valence-electron chi connectivity index (χ3n) is 5.10. The van der Waals surface area contributed by atoms with Gasteiger partial charge in [0.1, 0.15) is 17.2 Å². The van der Waals surface area contributed by atoms with Crippen LogP contribution in [0.15, 0.2) is 42.5 Å². The van der Waals surface area contributed by atoms with Gasteiger partial charge in [0, 0.05) is 30.9 Å². The van der Waals surface area contributed by atoms with Crippen LogP contribution in [0.1, 0.15) is 44.7 Å². The molecule has 4 N–H and O–H groups in total. The van der Waals surface area contributed by atoms with Crippen LogP contribution in [0.5, 0.6) is 0 Å². The molecular weight excluding hydrogens is 428 g/mol. The standard InChI is InChI=1S/C25H33F2N3O3/c1-25(2,3)33-24(32)30-22(12-17-9-18(26)13-19(27)10-17)23(31)15-28-14-16-5-4-6-21(11-16)29-20-7-8-20/h4-6,9-11,13,20,22-23,28-29,31H,7-8,12,14-15H2,1-3H3,(H,30,32)/t22-,23+/m0/s1. The summed E-state index contributed by atoms with van der Waals surface area (Å²) in [6.45, 7) is 5.87. The van der Waals surface area contributed by atoms with E-state index >= 15 is 0 Å². The first kappa shape index (κ1) is 24.9. The van der Waals surface area contributed by atoms with Gasteiger partial charge in [-0.2, -0.15) is 0 Å². The number of hydrogen-bond acceptors (Lipinski definition) is 5. The summed E-state index contributed by atoms with van der Waals surface area (Å²) < 4.78 is 32.6. The van der Waals surface area contributed by atoms with E-state index in [-0.39, 0.29) is 13.0 Å². The zero-order chi connectivity index (χ0) is 24.0. The van der Waals surface area contributed by atoms with E-state index < -0.39 is 35.5 Å². The fourth-order valence-electron chi connectivity index (χ4n) is 3.47. The predicted octanol–water partition coefficient (Wildman–Crippen LogP) is 4.13. The summed E-state index contributed by atoms with van der Waals surface area (Å²) in [6, 6.07) is 11.0. The summed E-state index contributed by atoms with van der Waals surface area (Å²) in [4.78, 5) is 12.3. The highest BCUT2D eigenvalue weighted by Crippen LogP contribution is 2.25. The van der Waals surface area contributed by atoms with Crippen LogP contribution in [0.25, 0.3) is 0 Å². The van der Waals surface area contributed by atoms with Crippen molar-refractivity contribution in [2.75, 3.05) is 11.9 Å². The first-order valence-corrected chi connectivity index (χ1v) is 11.3. The van der Waals surface area contributed by atoms with E-state index in [2.05, 4.69) is 22.0 Å². The minimum absolute atomic E-state index is 0.0392. The van der Waals surface area contributed by atoms with Gasteiger partial charge in [-0.05, 0) is 75.4 Å². The molecule has 2 atom stereocenters. The van der Waals surface area contributed by atoms with Gasteiger partial charge in [0.2, 0.25) is 0 Å². The van der Waals surface area contributed by atoms with Crippen LogP contribution < -0.4 is 16.0 Å². The zero-order valence-electron chi connectivity index (χ0n) is 19.3. The Labute approximate surface area is 193 Å². The Morgan fingerprint density at radius 3 is 2.45 bits per heavy atom. The van der Waals surface area contributed by atoms with Crippen LogP contribution in [-0.4, -0.2) is 41.5 Å². The number of aliphatic hydroxyl groups is 1. The van der Waals surface area contributed by atoms with Gasteiger partial charge >= 0.3 is 6.09 Å². The van der Waals surface area contributed by atoms with Crippen LogP contribution in [0, 0.1) is 11.6 Å². The topological polar surface area (TPSA) is 82.6 Å². The van der Waals surface area contributed by atoms with E-state index in [0.29, 0.717) is 18.2 Å². The summed E-state index contributed by atoms with van der Waals surface area (Å²) in [5.41, 5.74) is 1.72. The fourth-order valence-corrected chi connectivity index (χ4v) is 3.47. The summed E-state index contributed by atoms with van der Waals surface area (Å²) >= 11 is 0. The third kappa shape index (κ3) is 8.98. The number of halogens is 2. The monoisotopic (exact) mass is 461 g/mol. The minimum atomic E-state index is -1.02. The van der Waals surface area contributed by atoms with Crippen LogP contribution in [0.4, 0.5) is 19.3 Å². The van der Waals surface area contributed by atoms with Crippen molar-refractivity contribution in [3.63, 3.8) is 0 Å². The number of carbonyl (C=O) groups is 1. The molecule has 180 valence electrons. The smallest absolute Gasteiger partial charge is 0.407 e. The number of rotatable bonds is 10. The van der Waals surface area contributed by atoms with Crippen molar-refractivity contribution in [3.05, 3.63) is 65.2 Å². The molecule has 2 aromatic carbocycles. The molecule has 8 heteroatoms. The summed E-state index contributed by atoms with van der Waals surface area (Å²) in [7, 11) is 0. The van der Waals surface area contributed by atoms with E-state index in [4.69, 9.17) is 4.74 Å². The molecule has 0 unspecified atom stereocenters. The summed E-state index contributed by atoms with van der Waals surface area (Å²) in [5.74, 6) is -1.43. The van der Waals surface area contributed by atoms with Crippen molar-refractivity contribution in [2.45, 2.75) is 70.4 Å². The highest BCUT2D eigenvalue weighted by molar-refractivity contribution is 5.68. The third-order valence-corrected chi connectivity index (χ3v) is 5.10. The van der Waals surface area contributed by atoms with E-state index in [0.717, 1.165) is 17.3 Å². The maximum atomic E-state index is 13.6. The average molecular weight is 462 g/mol. The second kappa shape index (κ2) is 10.9. The van der Waals surface area contributed by atoms with Crippen molar-refractivity contribution in [2.24, 2.45) is 0 Å². The molecule has 0 radical (unpaired) electrons. The molecule has 2 aromatic rings. The molecule has 1 saturated carbocycles. The number of alkyl carbamates (subject to hydrolysis) is 1. The van der Waals surface area contributed by atoms with Gasteiger partial charge in [-0.15, -0.1) is 0 Å². The molecule has 6 nitrogen and oxygen atoms in total. The summed E-state index contributed by atoms with van der Waals surface area (Å²) in [5, 5.41) is 20.1. The van der Waals surface area contributed by atoms with Crippen LogP contribution in [0.3, 0.4) is 0 Å². The number of ether oxygens (including phenoxy) is 1. The van der Waals surface area contributed by atoms with Crippen molar-refractivity contribution >= 4 is 11.8 Å². The number of aliphatic hydroxyl groups excluding tert-OH is 1. The lowest BCUT2D eigenvalue weighted by Crippen LogP contribution is -2.49. The van der Waals surface area contributed by atoms with E-state index in [1.165, 1.54) is 25.0 Å². The lowest BCUT2D eigenvalue weighted by molar-refractivity contribution is 0.0422. The SMILES string of the molecule is CC(C)(C)OC(=O)N[C@@H](Cc1cc(F)cc(F)c1)[C@H](O)CNCc1cccc(NC2CC2)c1. The Hall–Kier alpha value is -2.71. The molecule has 1 fully saturated rings. The molecule has 33 heavy (non-hydrogen) atoms. The van der Waals surface area contributed by atoms with E-state index in [9.17, 15) is 18.7 Å². The number of anilines is 1. The maximum absolute atomic E-state index is 13.6. The molecule has 1 aliphatic carbocycles. The van der Waals surface area contributed by atoms with Gasteiger partial charge < -0.3 is 25.8 Å². The van der Waals surface area contributed by atoms with Crippen molar-refractivity contribution in [1.29, 1.82) is 0 Å². The van der Waals surface area contributed by atoms with E-state index in [1.807, 2.05) is 18.2 Å². The first-order chi connectivity index (χ1) is 15.6. The first-order valence-electron chi connectivity index (χ1n) is 11.3. The Morgan fingerprint density at radius 1 is 1.12 bits per heavy atom. The number of hydrogen-bond donors (Lipinski definition) is 4. The molecule has 0 bridgehead atoms. The lowest BCUT2D eigenvalue weighted by Gasteiger charge is -2.27. The quantitative estimate of drug-likeness (QED) is 0.428. The molecule has 0 heterocycles. The van der Waals surface area contributed by atoms with Crippen molar-refractivity contribution < 1.29 is 23.4 Å². The molecule has 3 rings (SSSR count). The van der Waals surface area contributed by atoms with Crippen LogP contribution in [-0.2, 0) is 17.7 Å². The van der Waals surface area contributed by atoms with Crippen LogP contribution >= 0.6 is 0 Å². The average Bonchev–Trinajstić information content (AvgIpc) is 3.49. The highest BCUT2D eigenvalue weighted by Gasteiger charge is 2.25. The largest absolute Gasteiger partial charge is 0.444 e. The second-order valence-corrected chi connectivity index (χ2v) is 9.55. The number of amides is 1. The molecule has 0 saturated heterocycles. The normalized spacial score (nSPS) is 15.6. The van der Waals surface area contributed by atoms with Gasteiger partial charge in [0.05, 0.1) is 12.1 Å². The molecular formula is C25H33F2N3O3. The van der Waals surface area contributed by atoms with Gasteiger partial charge in [0.25, 0.3) is 0 Å². The van der Waals surface area contributed by atoms with Gasteiger partial charge in [-0.1, -0.05) is 12.1 Å². The molecule has 1 aliphatic rings.